The van der Waals surface area contributed by atoms with Gasteiger partial charge in [0, 0.05) is 26.0 Å². The molecule has 0 saturated heterocycles. The smallest absolute Gasteiger partial charge is 0.225 e. The molecule has 0 atom stereocenters. The number of anilines is 1. The van der Waals surface area contributed by atoms with Crippen LogP contribution in [0, 0.1) is 17.2 Å². The summed E-state index contributed by atoms with van der Waals surface area (Å²) in [5.74, 6) is 1.30. The molecular formula is C12H18N4. The number of nitriles is 1. The molecule has 0 amide bonds. The number of hydrogen-bond donors (Lipinski definition) is 0. The minimum atomic E-state index is 0.494. The quantitative estimate of drug-likeness (QED) is 0.758. The minimum absolute atomic E-state index is 0.494. The molecule has 0 fully saturated rings. The van der Waals surface area contributed by atoms with Crippen LogP contribution in [0.25, 0.3) is 0 Å². The van der Waals surface area contributed by atoms with Gasteiger partial charge in [0.2, 0.25) is 5.95 Å². The fourth-order valence-electron chi connectivity index (χ4n) is 1.44. The van der Waals surface area contributed by atoms with Crippen molar-refractivity contribution in [2.45, 2.75) is 26.7 Å². The van der Waals surface area contributed by atoms with Crippen LogP contribution in [0.5, 0.6) is 0 Å². The summed E-state index contributed by atoms with van der Waals surface area (Å²) in [5, 5.41) is 8.49. The Labute approximate surface area is 96.9 Å². The Hall–Kier alpha value is -1.63. The Kier molecular flexibility index (Phi) is 4.71. The van der Waals surface area contributed by atoms with Crippen molar-refractivity contribution in [3.8, 4) is 6.07 Å². The maximum Gasteiger partial charge on any atom is 0.225 e. The fourth-order valence-corrected chi connectivity index (χ4v) is 1.44. The second-order valence-electron chi connectivity index (χ2n) is 4.32. The molecule has 0 unspecified atom stereocenters. The third-order valence-electron chi connectivity index (χ3n) is 2.24. The van der Waals surface area contributed by atoms with Crippen molar-refractivity contribution >= 4 is 5.95 Å². The molecule has 86 valence electrons. The zero-order valence-electron chi connectivity index (χ0n) is 10.1. The normalized spacial score (nSPS) is 10.2. The third kappa shape index (κ3) is 3.85. The van der Waals surface area contributed by atoms with Gasteiger partial charge in [-0.15, -0.1) is 0 Å². The lowest BCUT2D eigenvalue weighted by Crippen LogP contribution is -2.20. The summed E-state index contributed by atoms with van der Waals surface area (Å²) < 4.78 is 0. The first-order valence-corrected chi connectivity index (χ1v) is 5.52. The third-order valence-corrected chi connectivity index (χ3v) is 2.24. The van der Waals surface area contributed by atoms with Crippen molar-refractivity contribution in [2.75, 3.05) is 18.5 Å². The molecule has 1 heterocycles. The highest BCUT2D eigenvalue weighted by Gasteiger charge is 2.04. The molecule has 0 bridgehead atoms. The monoisotopic (exact) mass is 218 g/mol. The summed E-state index contributed by atoms with van der Waals surface area (Å²) in [5.41, 5.74) is 1.16. The Morgan fingerprint density at radius 2 is 2.00 bits per heavy atom. The largest absolute Gasteiger partial charge is 0.343 e. The first kappa shape index (κ1) is 12.4. The maximum absolute atomic E-state index is 8.49. The molecule has 1 aromatic rings. The average Bonchev–Trinajstić information content (AvgIpc) is 2.26. The molecule has 0 radical (unpaired) electrons. The van der Waals surface area contributed by atoms with E-state index in [0.29, 0.717) is 24.8 Å². The molecule has 0 aliphatic rings. The molecular weight excluding hydrogens is 200 g/mol. The first-order chi connectivity index (χ1) is 7.63. The van der Waals surface area contributed by atoms with Gasteiger partial charge in [0.05, 0.1) is 12.5 Å². The molecule has 0 N–H and O–H groups in total. The van der Waals surface area contributed by atoms with Gasteiger partial charge in [-0.2, -0.15) is 5.26 Å². The van der Waals surface area contributed by atoms with E-state index in [2.05, 4.69) is 29.9 Å². The lowest BCUT2D eigenvalue weighted by atomic mass is 10.1. The van der Waals surface area contributed by atoms with Gasteiger partial charge >= 0.3 is 0 Å². The van der Waals surface area contributed by atoms with Crippen molar-refractivity contribution in [2.24, 2.45) is 5.92 Å². The van der Waals surface area contributed by atoms with E-state index in [0.717, 1.165) is 12.0 Å². The first-order valence-electron chi connectivity index (χ1n) is 5.52. The second kappa shape index (κ2) is 6.06. The van der Waals surface area contributed by atoms with Crippen molar-refractivity contribution in [1.29, 1.82) is 5.26 Å². The van der Waals surface area contributed by atoms with Gasteiger partial charge in [0.1, 0.15) is 0 Å². The molecule has 0 saturated carbocycles. The summed E-state index contributed by atoms with van der Waals surface area (Å²) in [4.78, 5) is 10.5. The van der Waals surface area contributed by atoms with Crippen LogP contribution in [0.4, 0.5) is 5.95 Å². The lowest BCUT2D eigenvalue weighted by molar-refractivity contribution is 0.643. The van der Waals surface area contributed by atoms with Crippen LogP contribution in [-0.2, 0) is 6.42 Å². The topological polar surface area (TPSA) is 52.8 Å². The van der Waals surface area contributed by atoms with Crippen LogP contribution in [0.2, 0.25) is 0 Å². The van der Waals surface area contributed by atoms with Crippen LogP contribution in [0.15, 0.2) is 12.4 Å². The van der Waals surface area contributed by atoms with Crippen LogP contribution in [-0.4, -0.2) is 23.6 Å². The Morgan fingerprint density at radius 1 is 1.38 bits per heavy atom. The predicted molar refractivity (Wildman–Crippen MR) is 64.1 cm³/mol. The molecule has 16 heavy (non-hydrogen) atoms. The summed E-state index contributed by atoms with van der Waals surface area (Å²) in [6.45, 7) is 5.01. The summed E-state index contributed by atoms with van der Waals surface area (Å²) >= 11 is 0. The molecule has 4 nitrogen and oxygen atoms in total. The van der Waals surface area contributed by atoms with Crippen molar-refractivity contribution in [3.05, 3.63) is 18.0 Å². The zero-order chi connectivity index (χ0) is 12.0. The molecule has 0 spiro atoms. The van der Waals surface area contributed by atoms with E-state index >= 15 is 0 Å². The Morgan fingerprint density at radius 3 is 2.50 bits per heavy atom. The van der Waals surface area contributed by atoms with Gasteiger partial charge in [-0.05, 0) is 17.9 Å². The van der Waals surface area contributed by atoms with E-state index in [-0.39, 0.29) is 0 Å². The van der Waals surface area contributed by atoms with Crippen LogP contribution in [0.1, 0.15) is 25.8 Å². The Bertz CT molecular complexity index is 350. The van der Waals surface area contributed by atoms with E-state index in [4.69, 9.17) is 5.26 Å². The van der Waals surface area contributed by atoms with Gasteiger partial charge in [0.25, 0.3) is 0 Å². The molecule has 0 aliphatic heterocycles. The van der Waals surface area contributed by atoms with E-state index in [1.54, 1.807) is 0 Å². The number of hydrogen-bond acceptors (Lipinski definition) is 4. The van der Waals surface area contributed by atoms with E-state index < -0.39 is 0 Å². The van der Waals surface area contributed by atoms with Crippen LogP contribution >= 0.6 is 0 Å². The highest BCUT2D eigenvalue weighted by Crippen LogP contribution is 2.09. The minimum Gasteiger partial charge on any atom is -0.343 e. The fraction of sp³-hybridized carbons (Fsp3) is 0.583. The Balaban J connectivity index is 2.60. The highest BCUT2D eigenvalue weighted by atomic mass is 15.2. The van der Waals surface area contributed by atoms with Gasteiger partial charge in [-0.1, -0.05) is 13.8 Å². The van der Waals surface area contributed by atoms with Gasteiger partial charge in [-0.25, -0.2) is 9.97 Å². The summed E-state index contributed by atoms with van der Waals surface area (Å²) in [6.07, 6.45) is 5.23. The number of aromatic nitrogens is 2. The van der Waals surface area contributed by atoms with Crippen LogP contribution in [0.3, 0.4) is 0 Å². The zero-order valence-corrected chi connectivity index (χ0v) is 10.1. The van der Waals surface area contributed by atoms with Gasteiger partial charge in [0.15, 0.2) is 0 Å². The van der Waals surface area contributed by atoms with Gasteiger partial charge < -0.3 is 4.90 Å². The van der Waals surface area contributed by atoms with Crippen molar-refractivity contribution in [1.82, 2.24) is 9.97 Å². The number of rotatable bonds is 5. The van der Waals surface area contributed by atoms with Crippen LogP contribution < -0.4 is 4.90 Å². The maximum atomic E-state index is 8.49. The SMILES string of the molecule is CC(C)Cc1cnc(N(C)CCC#N)nc1. The van der Waals surface area contributed by atoms with Crippen molar-refractivity contribution < 1.29 is 0 Å². The van der Waals surface area contributed by atoms with E-state index in [1.807, 2.05) is 24.3 Å². The molecule has 1 aromatic heterocycles. The molecule has 0 aliphatic carbocycles. The molecule has 0 aromatic carbocycles. The number of nitrogens with zero attached hydrogens (tertiary/aromatic N) is 4. The summed E-state index contributed by atoms with van der Waals surface area (Å²) in [6, 6.07) is 2.11. The van der Waals surface area contributed by atoms with E-state index in [9.17, 15) is 0 Å². The lowest BCUT2D eigenvalue weighted by Gasteiger charge is -2.15. The van der Waals surface area contributed by atoms with Crippen molar-refractivity contribution in [3.63, 3.8) is 0 Å². The van der Waals surface area contributed by atoms with Gasteiger partial charge in [-0.3, -0.25) is 0 Å². The highest BCUT2D eigenvalue weighted by molar-refractivity contribution is 5.28. The predicted octanol–water partition coefficient (Wildman–Crippen LogP) is 2.02. The average molecular weight is 218 g/mol. The second-order valence-corrected chi connectivity index (χ2v) is 4.32. The summed E-state index contributed by atoms with van der Waals surface area (Å²) in [7, 11) is 1.90. The standard InChI is InChI=1S/C12H18N4/c1-10(2)7-11-8-14-12(15-9-11)16(3)6-4-5-13/h8-10H,4,6-7H2,1-3H3. The molecule has 4 heteroatoms. The van der Waals surface area contributed by atoms with E-state index in [1.165, 1.54) is 0 Å². The molecule has 1 rings (SSSR count).